The number of aromatic nitrogens is 2. The van der Waals surface area contributed by atoms with Crippen LogP contribution in [0, 0.1) is 0 Å². The van der Waals surface area contributed by atoms with E-state index in [4.69, 9.17) is 0 Å². The predicted octanol–water partition coefficient (Wildman–Crippen LogP) is 1.61. The molecule has 0 unspecified atom stereocenters. The molecule has 0 saturated heterocycles. The van der Waals surface area contributed by atoms with Gasteiger partial charge >= 0.3 is 0 Å². The molecule has 1 fully saturated rings. The Labute approximate surface area is 81.4 Å². The third-order valence-corrected chi connectivity index (χ3v) is 2.79. The van der Waals surface area contributed by atoms with Gasteiger partial charge in [-0.25, -0.2) is 0 Å². The Balaban J connectivity index is 2.33. The fraction of sp³-hybridized carbons (Fsp3) is 0.273. The van der Waals surface area contributed by atoms with Gasteiger partial charge in [-0.05, 0) is 18.9 Å². The molecule has 3 nitrogen and oxygen atoms in total. The Morgan fingerprint density at radius 1 is 1.14 bits per heavy atom. The van der Waals surface area contributed by atoms with E-state index >= 15 is 0 Å². The van der Waals surface area contributed by atoms with E-state index in [9.17, 15) is 5.11 Å². The lowest BCUT2D eigenvalue weighted by Gasteiger charge is -2.09. The van der Waals surface area contributed by atoms with Crippen molar-refractivity contribution in [3.8, 4) is 0 Å². The molecule has 3 heteroatoms. The average Bonchev–Trinajstić information content (AvgIpc) is 2.97. The maximum Gasteiger partial charge on any atom is 0.0920 e. The van der Waals surface area contributed by atoms with Gasteiger partial charge in [0.05, 0.1) is 5.60 Å². The molecule has 0 spiro atoms. The normalized spacial score (nSPS) is 18.4. The topological polar surface area (TPSA) is 46.0 Å². The largest absolute Gasteiger partial charge is 0.385 e. The van der Waals surface area contributed by atoms with Gasteiger partial charge in [0, 0.05) is 41.1 Å². The lowest BCUT2D eigenvalue weighted by molar-refractivity contribution is 0.153. The van der Waals surface area contributed by atoms with Crippen molar-refractivity contribution < 1.29 is 5.11 Å². The van der Waals surface area contributed by atoms with Gasteiger partial charge < -0.3 is 5.11 Å². The first kappa shape index (κ1) is 7.88. The fourth-order valence-corrected chi connectivity index (χ4v) is 1.76. The van der Waals surface area contributed by atoms with Crippen molar-refractivity contribution in [1.82, 2.24) is 9.97 Å². The quantitative estimate of drug-likeness (QED) is 0.736. The maximum atomic E-state index is 10.0. The highest BCUT2D eigenvalue weighted by Crippen LogP contribution is 2.47. The van der Waals surface area contributed by atoms with E-state index in [1.165, 1.54) is 0 Å². The molecular formula is C11H10N2O. The molecule has 0 aromatic carbocycles. The molecule has 1 saturated carbocycles. The molecule has 0 bridgehead atoms. The number of rotatable bonds is 1. The zero-order valence-electron chi connectivity index (χ0n) is 7.64. The summed E-state index contributed by atoms with van der Waals surface area (Å²) in [5.41, 5.74) is 0.290. The third kappa shape index (κ3) is 1.02. The standard InChI is InChI=1S/C11H10N2O/c14-11(2-3-11)10-7-13-5-8-1-4-12-6-9(8)10/h1,4-7,14H,2-3H2. The Morgan fingerprint density at radius 3 is 2.79 bits per heavy atom. The predicted molar refractivity (Wildman–Crippen MR) is 52.7 cm³/mol. The van der Waals surface area contributed by atoms with Crippen LogP contribution in [-0.2, 0) is 5.60 Å². The molecule has 1 aliphatic rings. The highest BCUT2D eigenvalue weighted by Gasteiger charge is 2.43. The van der Waals surface area contributed by atoms with Gasteiger partial charge in [0.25, 0.3) is 0 Å². The Hall–Kier alpha value is -1.48. The van der Waals surface area contributed by atoms with Gasteiger partial charge in [0.15, 0.2) is 0 Å². The van der Waals surface area contributed by atoms with Crippen LogP contribution in [0.4, 0.5) is 0 Å². The summed E-state index contributed by atoms with van der Waals surface area (Å²) in [6.07, 6.45) is 8.75. The number of aliphatic hydroxyl groups is 1. The van der Waals surface area contributed by atoms with E-state index in [1.54, 1.807) is 24.8 Å². The zero-order chi connectivity index (χ0) is 9.60. The summed E-state index contributed by atoms with van der Waals surface area (Å²) in [6, 6.07) is 1.91. The van der Waals surface area contributed by atoms with E-state index in [-0.39, 0.29) is 0 Å². The molecule has 0 atom stereocenters. The first-order valence-corrected chi connectivity index (χ1v) is 4.70. The maximum absolute atomic E-state index is 10.0. The molecule has 0 aliphatic heterocycles. The molecule has 14 heavy (non-hydrogen) atoms. The average molecular weight is 186 g/mol. The summed E-state index contributed by atoms with van der Waals surface area (Å²) in [4.78, 5) is 8.21. The van der Waals surface area contributed by atoms with Gasteiger partial charge in [-0.1, -0.05) is 0 Å². The van der Waals surface area contributed by atoms with Crippen LogP contribution >= 0.6 is 0 Å². The van der Waals surface area contributed by atoms with Crippen LogP contribution in [0.1, 0.15) is 18.4 Å². The highest BCUT2D eigenvalue weighted by molar-refractivity contribution is 5.84. The summed E-state index contributed by atoms with van der Waals surface area (Å²) in [5, 5.41) is 12.1. The third-order valence-electron chi connectivity index (χ3n) is 2.79. The smallest absolute Gasteiger partial charge is 0.0920 e. The second-order valence-electron chi connectivity index (χ2n) is 3.82. The second kappa shape index (κ2) is 2.51. The summed E-state index contributed by atoms with van der Waals surface area (Å²) in [6.45, 7) is 0. The number of nitrogens with zero attached hydrogens (tertiary/aromatic N) is 2. The van der Waals surface area contributed by atoms with Crippen molar-refractivity contribution in [2.75, 3.05) is 0 Å². The fourth-order valence-electron chi connectivity index (χ4n) is 1.76. The van der Waals surface area contributed by atoms with Crippen molar-refractivity contribution in [2.45, 2.75) is 18.4 Å². The zero-order valence-corrected chi connectivity index (χ0v) is 7.64. The van der Waals surface area contributed by atoms with E-state index in [2.05, 4.69) is 9.97 Å². The minimum absolute atomic E-state index is 0.629. The van der Waals surface area contributed by atoms with E-state index < -0.39 is 5.60 Å². The molecule has 70 valence electrons. The van der Waals surface area contributed by atoms with Gasteiger partial charge in [-0.2, -0.15) is 0 Å². The van der Waals surface area contributed by atoms with Crippen molar-refractivity contribution in [3.63, 3.8) is 0 Å². The summed E-state index contributed by atoms with van der Waals surface area (Å²) >= 11 is 0. The van der Waals surface area contributed by atoms with Crippen LogP contribution in [0.25, 0.3) is 10.8 Å². The van der Waals surface area contributed by atoms with Crippen LogP contribution in [0.15, 0.2) is 30.9 Å². The summed E-state index contributed by atoms with van der Waals surface area (Å²) < 4.78 is 0. The van der Waals surface area contributed by atoms with Crippen LogP contribution in [0.3, 0.4) is 0 Å². The first-order chi connectivity index (χ1) is 6.80. The minimum Gasteiger partial charge on any atom is -0.385 e. The van der Waals surface area contributed by atoms with E-state index in [0.29, 0.717) is 0 Å². The lowest BCUT2D eigenvalue weighted by atomic mass is 10.0. The number of hydrogen-bond acceptors (Lipinski definition) is 3. The Morgan fingerprint density at radius 2 is 2.00 bits per heavy atom. The molecule has 2 aromatic rings. The van der Waals surface area contributed by atoms with Crippen LogP contribution in [-0.4, -0.2) is 15.1 Å². The van der Waals surface area contributed by atoms with E-state index in [0.717, 1.165) is 29.2 Å². The lowest BCUT2D eigenvalue weighted by Crippen LogP contribution is -2.05. The molecule has 1 N–H and O–H groups in total. The molecular weight excluding hydrogens is 176 g/mol. The van der Waals surface area contributed by atoms with Crippen molar-refractivity contribution in [1.29, 1.82) is 0 Å². The molecule has 2 heterocycles. The van der Waals surface area contributed by atoms with Crippen molar-refractivity contribution >= 4 is 10.8 Å². The van der Waals surface area contributed by atoms with Crippen molar-refractivity contribution in [2.24, 2.45) is 0 Å². The number of fused-ring (bicyclic) bond motifs is 1. The van der Waals surface area contributed by atoms with Crippen LogP contribution in [0.2, 0.25) is 0 Å². The monoisotopic (exact) mass is 186 g/mol. The van der Waals surface area contributed by atoms with Gasteiger partial charge in [0.2, 0.25) is 0 Å². The SMILES string of the molecule is OC1(c2cncc3ccncc23)CC1. The van der Waals surface area contributed by atoms with Gasteiger partial charge in [-0.3, -0.25) is 9.97 Å². The first-order valence-electron chi connectivity index (χ1n) is 4.70. The Bertz CT molecular complexity index is 486. The van der Waals surface area contributed by atoms with Gasteiger partial charge in [0.1, 0.15) is 0 Å². The van der Waals surface area contributed by atoms with Crippen LogP contribution < -0.4 is 0 Å². The molecule has 0 radical (unpaired) electrons. The summed E-state index contributed by atoms with van der Waals surface area (Å²) in [7, 11) is 0. The highest BCUT2D eigenvalue weighted by atomic mass is 16.3. The molecule has 0 amide bonds. The van der Waals surface area contributed by atoms with Crippen LogP contribution in [0.5, 0.6) is 0 Å². The molecule has 1 aliphatic carbocycles. The number of pyridine rings is 2. The minimum atomic E-state index is -0.629. The molecule has 2 aromatic heterocycles. The van der Waals surface area contributed by atoms with Crippen molar-refractivity contribution in [3.05, 3.63) is 36.4 Å². The Kier molecular flexibility index (Phi) is 1.42. The van der Waals surface area contributed by atoms with Gasteiger partial charge in [-0.15, -0.1) is 0 Å². The number of hydrogen-bond donors (Lipinski definition) is 1. The van der Waals surface area contributed by atoms with E-state index in [1.807, 2.05) is 6.07 Å². The summed E-state index contributed by atoms with van der Waals surface area (Å²) in [5.74, 6) is 0. The second-order valence-corrected chi connectivity index (χ2v) is 3.82. The molecule has 3 rings (SSSR count).